The number of rotatable bonds is 8. The van der Waals surface area contributed by atoms with Crippen molar-refractivity contribution in [2.24, 2.45) is 5.10 Å². The monoisotopic (exact) mass is 491 g/mol. The summed E-state index contributed by atoms with van der Waals surface area (Å²) in [7, 11) is 1.49. The number of anilines is 1. The topological polar surface area (TPSA) is 89.0 Å². The summed E-state index contributed by atoms with van der Waals surface area (Å²) in [5.74, 6) is 2.24. The standard InChI is InChI=1S/C21H19BrClN3O4/c1-4-7-30-21-16(22)8-14(9-18(21)29-3)12-24-26-20(28)11-19(27)25-15-6-5-13(2)17(23)10-15/h1,5-6,8-10,12H,7,11H2,2-3H3,(H,25,27)(H,26,28). The Morgan fingerprint density at radius 2 is 2.07 bits per heavy atom. The predicted molar refractivity (Wildman–Crippen MR) is 120 cm³/mol. The summed E-state index contributed by atoms with van der Waals surface area (Å²) in [5, 5.41) is 7.00. The lowest BCUT2D eigenvalue weighted by Crippen LogP contribution is -2.24. The first-order valence-electron chi connectivity index (χ1n) is 8.65. The summed E-state index contributed by atoms with van der Waals surface area (Å²) in [6, 6.07) is 8.49. The Hall–Kier alpha value is -3.02. The Morgan fingerprint density at radius 1 is 1.30 bits per heavy atom. The molecule has 0 saturated carbocycles. The minimum absolute atomic E-state index is 0.0926. The number of nitrogens with one attached hydrogen (secondary N) is 2. The number of halogens is 2. The molecule has 0 aromatic heterocycles. The molecular weight excluding hydrogens is 474 g/mol. The normalized spacial score (nSPS) is 10.4. The maximum Gasteiger partial charge on any atom is 0.249 e. The molecule has 2 N–H and O–H groups in total. The number of aryl methyl sites for hydroxylation is 1. The Balaban J connectivity index is 1.93. The van der Waals surface area contributed by atoms with Crippen molar-refractivity contribution in [1.29, 1.82) is 0 Å². The van der Waals surface area contributed by atoms with Gasteiger partial charge >= 0.3 is 0 Å². The molecule has 0 unspecified atom stereocenters. The molecule has 0 bridgehead atoms. The van der Waals surface area contributed by atoms with Gasteiger partial charge in [-0.25, -0.2) is 5.43 Å². The zero-order valence-electron chi connectivity index (χ0n) is 16.3. The van der Waals surface area contributed by atoms with E-state index in [1.54, 1.807) is 30.3 Å². The molecule has 0 radical (unpaired) electrons. The van der Waals surface area contributed by atoms with Crippen molar-refractivity contribution in [2.45, 2.75) is 13.3 Å². The molecule has 0 fully saturated rings. The third-order valence-electron chi connectivity index (χ3n) is 3.73. The minimum Gasteiger partial charge on any atom is -0.493 e. The van der Waals surface area contributed by atoms with Gasteiger partial charge in [-0.2, -0.15) is 5.10 Å². The summed E-state index contributed by atoms with van der Waals surface area (Å²) in [6.07, 6.45) is 6.22. The van der Waals surface area contributed by atoms with E-state index in [0.29, 0.717) is 32.2 Å². The second kappa shape index (κ2) is 11.2. The molecule has 7 nitrogen and oxygen atoms in total. The fraction of sp³-hybridized carbons (Fsp3) is 0.190. The van der Waals surface area contributed by atoms with E-state index >= 15 is 0 Å². The largest absolute Gasteiger partial charge is 0.493 e. The highest BCUT2D eigenvalue weighted by Gasteiger charge is 2.12. The first kappa shape index (κ1) is 23.3. The van der Waals surface area contributed by atoms with Crippen molar-refractivity contribution in [2.75, 3.05) is 19.0 Å². The fourth-order valence-electron chi connectivity index (χ4n) is 2.31. The van der Waals surface area contributed by atoms with Crippen LogP contribution in [0, 0.1) is 19.3 Å². The van der Waals surface area contributed by atoms with Gasteiger partial charge in [-0.05, 0) is 58.2 Å². The molecule has 2 rings (SSSR count). The molecule has 0 spiro atoms. The molecule has 156 valence electrons. The average Bonchev–Trinajstić information content (AvgIpc) is 2.69. The third kappa shape index (κ3) is 6.79. The SMILES string of the molecule is C#CCOc1c(Br)cc(C=NNC(=O)CC(=O)Nc2ccc(C)c(Cl)c2)cc1OC. The smallest absolute Gasteiger partial charge is 0.249 e. The molecule has 0 aliphatic rings. The molecule has 9 heteroatoms. The molecule has 0 heterocycles. The number of hydrogen-bond acceptors (Lipinski definition) is 5. The zero-order valence-corrected chi connectivity index (χ0v) is 18.6. The lowest BCUT2D eigenvalue weighted by molar-refractivity contribution is -0.126. The Morgan fingerprint density at radius 3 is 2.73 bits per heavy atom. The van der Waals surface area contributed by atoms with Crippen LogP contribution < -0.4 is 20.2 Å². The van der Waals surface area contributed by atoms with Gasteiger partial charge in [0.15, 0.2) is 11.5 Å². The van der Waals surface area contributed by atoms with Gasteiger partial charge < -0.3 is 14.8 Å². The van der Waals surface area contributed by atoms with E-state index in [9.17, 15) is 9.59 Å². The predicted octanol–water partition coefficient (Wildman–Crippen LogP) is 3.91. The third-order valence-corrected chi connectivity index (χ3v) is 4.73. The van der Waals surface area contributed by atoms with E-state index in [0.717, 1.165) is 5.56 Å². The van der Waals surface area contributed by atoms with E-state index in [2.05, 4.69) is 37.7 Å². The number of carbonyl (C=O) groups is 2. The summed E-state index contributed by atoms with van der Waals surface area (Å²) >= 11 is 9.40. The van der Waals surface area contributed by atoms with Crippen molar-refractivity contribution in [3.63, 3.8) is 0 Å². The quantitative estimate of drug-likeness (QED) is 0.253. The second-order valence-corrected chi connectivity index (χ2v) is 7.27. The molecule has 0 saturated heterocycles. The highest BCUT2D eigenvalue weighted by atomic mass is 79.9. The van der Waals surface area contributed by atoms with E-state index in [-0.39, 0.29) is 6.61 Å². The van der Waals surface area contributed by atoms with E-state index in [1.807, 2.05) is 6.92 Å². The molecule has 2 aromatic rings. The van der Waals surface area contributed by atoms with Crippen LogP contribution >= 0.6 is 27.5 Å². The van der Waals surface area contributed by atoms with Crippen molar-refractivity contribution in [3.8, 4) is 23.8 Å². The van der Waals surface area contributed by atoms with Crippen LogP contribution in [0.15, 0.2) is 39.9 Å². The van der Waals surface area contributed by atoms with Crippen molar-refractivity contribution < 1.29 is 19.1 Å². The highest BCUT2D eigenvalue weighted by molar-refractivity contribution is 9.10. The number of carbonyl (C=O) groups excluding carboxylic acids is 2. The van der Waals surface area contributed by atoms with Gasteiger partial charge in [0.1, 0.15) is 13.0 Å². The van der Waals surface area contributed by atoms with Crippen molar-refractivity contribution in [1.82, 2.24) is 5.43 Å². The summed E-state index contributed by atoms with van der Waals surface area (Å²) < 4.78 is 11.3. The average molecular weight is 493 g/mol. The van der Waals surface area contributed by atoms with E-state index in [4.69, 9.17) is 27.5 Å². The van der Waals surface area contributed by atoms with Crippen LogP contribution in [-0.2, 0) is 9.59 Å². The maximum absolute atomic E-state index is 12.0. The fourth-order valence-corrected chi connectivity index (χ4v) is 3.06. The van der Waals surface area contributed by atoms with Gasteiger partial charge in [0.05, 0.1) is 17.8 Å². The minimum atomic E-state index is -0.568. The number of hydrogen-bond donors (Lipinski definition) is 2. The van der Waals surface area contributed by atoms with E-state index in [1.165, 1.54) is 13.3 Å². The van der Waals surface area contributed by atoms with Crippen LogP contribution in [0.1, 0.15) is 17.5 Å². The number of methoxy groups -OCH3 is 1. The Bertz CT molecular complexity index is 1020. The van der Waals surface area contributed by atoms with Gasteiger partial charge in [0.25, 0.3) is 0 Å². The van der Waals surface area contributed by atoms with Crippen LogP contribution in [-0.4, -0.2) is 31.7 Å². The zero-order chi connectivity index (χ0) is 22.1. The summed E-state index contributed by atoms with van der Waals surface area (Å²) in [4.78, 5) is 23.9. The van der Waals surface area contributed by atoms with Crippen LogP contribution in [0.2, 0.25) is 5.02 Å². The number of hydrazone groups is 1. The molecule has 0 aliphatic carbocycles. The summed E-state index contributed by atoms with van der Waals surface area (Å²) in [6.45, 7) is 1.95. The van der Waals surface area contributed by atoms with Gasteiger partial charge in [0.2, 0.25) is 11.8 Å². The highest BCUT2D eigenvalue weighted by Crippen LogP contribution is 2.36. The number of ether oxygens (including phenoxy) is 2. The van der Waals surface area contributed by atoms with Crippen LogP contribution in [0.3, 0.4) is 0 Å². The molecule has 30 heavy (non-hydrogen) atoms. The first-order valence-corrected chi connectivity index (χ1v) is 9.82. The number of amides is 2. The molecular formula is C21H19BrClN3O4. The maximum atomic E-state index is 12.0. The van der Waals surface area contributed by atoms with Crippen molar-refractivity contribution >= 4 is 51.2 Å². The Kier molecular flexibility index (Phi) is 8.71. The molecule has 0 atom stereocenters. The van der Waals surface area contributed by atoms with E-state index < -0.39 is 18.2 Å². The van der Waals surface area contributed by atoms with Crippen LogP contribution in [0.25, 0.3) is 0 Å². The lowest BCUT2D eigenvalue weighted by atomic mass is 10.2. The molecule has 2 amide bonds. The molecule has 0 aliphatic heterocycles. The molecule has 2 aromatic carbocycles. The van der Waals surface area contributed by atoms with Crippen LogP contribution in [0.4, 0.5) is 5.69 Å². The van der Waals surface area contributed by atoms with Gasteiger partial charge in [-0.3, -0.25) is 9.59 Å². The number of benzene rings is 2. The Labute approximate surface area is 187 Å². The number of terminal acetylenes is 1. The van der Waals surface area contributed by atoms with Gasteiger partial charge in [0, 0.05) is 10.7 Å². The lowest BCUT2D eigenvalue weighted by Gasteiger charge is -2.11. The van der Waals surface area contributed by atoms with Crippen LogP contribution in [0.5, 0.6) is 11.5 Å². The van der Waals surface area contributed by atoms with Gasteiger partial charge in [-0.1, -0.05) is 23.6 Å². The first-order chi connectivity index (χ1) is 14.3. The van der Waals surface area contributed by atoms with Gasteiger partial charge in [-0.15, -0.1) is 6.42 Å². The summed E-state index contributed by atoms with van der Waals surface area (Å²) in [5.41, 5.74) is 4.33. The second-order valence-electron chi connectivity index (χ2n) is 6.01. The number of nitrogens with zero attached hydrogens (tertiary/aromatic N) is 1. The van der Waals surface area contributed by atoms with Crippen molar-refractivity contribution in [3.05, 3.63) is 51.0 Å².